The maximum absolute atomic E-state index is 12.1. The van der Waals surface area contributed by atoms with Crippen molar-refractivity contribution in [3.63, 3.8) is 0 Å². The zero-order valence-electron chi connectivity index (χ0n) is 12.3. The second-order valence-electron chi connectivity index (χ2n) is 4.75. The van der Waals surface area contributed by atoms with E-state index in [1.165, 1.54) is 12.8 Å². The van der Waals surface area contributed by atoms with E-state index in [0.29, 0.717) is 12.1 Å². The molecule has 0 aliphatic rings. The topological polar surface area (TPSA) is 49.3 Å². The van der Waals surface area contributed by atoms with E-state index in [1.54, 1.807) is 6.07 Å². The summed E-state index contributed by atoms with van der Waals surface area (Å²) in [6.07, 6.45) is 4.57. The highest BCUT2D eigenvalue weighted by atomic mass is 16.2. The van der Waals surface area contributed by atoms with E-state index in [9.17, 15) is 4.79 Å². The smallest absolute Gasteiger partial charge is 0.251 e. The van der Waals surface area contributed by atoms with Gasteiger partial charge >= 0.3 is 0 Å². The van der Waals surface area contributed by atoms with Gasteiger partial charge in [-0.25, -0.2) is 0 Å². The summed E-state index contributed by atoms with van der Waals surface area (Å²) >= 11 is 0. The third kappa shape index (κ3) is 5.07. The fourth-order valence-corrected chi connectivity index (χ4v) is 2.00. The number of nitrogens with one attached hydrogen (secondary N) is 1. The second-order valence-corrected chi connectivity index (χ2v) is 4.75. The molecule has 1 amide bonds. The summed E-state index contributed by atoms with van der Waals surface area (Å²) in [5.41, 5.74) is 2.31. The van der Waals surface area contributed by atoms with Crippen molar-refractivity contribution in [3.8, 4) is 11.8 Å². The van der Waals surface area contributed by atoms with Crippen LogP contribution in [0.2, 0.25) is 0 Å². The first-order valence-corrected chi connectivity index (χ1v) is 7.18. The molecule has 0 aliphatic heterocycles. The van der Waals surface area contributed by atoms with Crippen LogP contribution >= 0.6 is 0 Å². The fourth-order valence-electron chi connectivity index (χ4n) is 2.00. The zero-order valence-corrected chi connectivity index (χ0v) is 12.3. The molecule has 1 aromatic rings. The van der Waals surface area contributed by atoms with Crippen molar-refractivity contribution >= 4 is 5.91 Å². The highest BCUT2D eigenvalue weighted by Crippen LogP contribution is 2.13. The molecule has 3 heteroatoms. The molecule has 108 valence electrons. The first-order chi connectivity index (χ1) is 9.70. The van der Waals surface area contributed by atoms with Gasteiger partial charge in [-0.2, -0.15) is 0 Å². The predicted molar refractivity (Wildman–Crippen MR) is 81.6 cm³/mol. The molecule has 0 spiro atoms. The van der Waals surface area contributed by atoms with Crippen LogP contribution in [0.3, 0.4) is 0 Å². The number of benzene rings is 1. The Bertz CT molecular complexity index is 497. The van der Waals surface area contributed by atoms with Crippen molar-refractivity contribution in [2.24, 2.45) is 0 Å². The highest BCUT2D eigenvalue weighted by Gasteiger charge is 2.09. The number of hydrogen-bond donors (Lipinski definition) is 2. The van der Waals surface area contributed by atoms with Gasteiger partial charge in [-0.1, -0.05) is 44.1 Å². The molecule has 3 nitrogen and oxygen atoms in total. The Hall–Kier alpha value is -1.79. The number of aliphatic hydroxyl groups excluding tert-OH is 1. The number of carbonyl (C=O) groups is 1. The third-order valence-electron chi connectivity index (χ3n) is 3.20. The van der Waals surface area contributed by atoms with Crippen molar-refractivity contribution in [2.75, 3.05) is 13.2 Å². The molecule has 0 fully saturated rings. The SMILES string of the molecule is CCCCCCNC(=O)c1cccc(C#CCO)c1C. The Morgan fingerprint density at radius 1 is 1.30 bits per heavy atom. The summed E-state index contributed by atoms with van der Waals surface area (Å²) < 4.78 is 0. The Morgan fingerprint density at radius 2 is 2.10 bits per heavy atom. The quantitative estimate of drug-likeness (QED) is 0.618. The minimum Gasteiger partial charge on any atom is -0.384 e. The summed E-state index contributed by atoms with van der Waals surface area (Å²) in [6, 6.07) is 5.48. The Labute approximate surface area is 121 Å². The fraction of sp³-hybridized carbons (Fsp3) is 0.471. The molecule has 0 unspecified atom stereocenters. The van der Waals surface area contributed by atoms with Crippen LogP contribution in [-0.4, -0.2) is 24.2 Å². The number of carbonyl (C=O) groups excluding carboxylic acids is 1. The van der Waals surface area contributed by atoms with E-state index < -0.39 is 0 Å². The minimum atomic E-state index is -0.173. The van der Waals surface area contributed by atoms with Crippen molar-refractivity contribution < 1.29 is 9.90 Å². The van der Waals surface area contributed by atoms with Crippen LogP contribution in [0, 0.1) is 18.8 Å². The minimum absolute atomic E-state index is 0.0494. The predicted octanol–water partition coefficient (Wildman–Crippen LogP) is 2.65. The maximum atomic E-state index is 12.1. The van der Waals surface area contributed by atoms with Crippen molar-refractivity contribution in [2.45, 2.75) is 39.5 Å². The lowest BCUT2D eigenvalue weighted by atomic mass is 10.0. The highest BCUT2D eigenvalue weighted by molar-refractivity contribution is 5.96. The van der Waals surface area contributed by atoms with E-state index in [0.717, 1.165) is 24.0 Å². The van der Waals surface area contributed by atoms with Crippen LogP contribution in [0.25, 0.3) is 0 Å². The number of amides is 1. The number of hydrogen-bond acceptors (Lipinski definition) is 2. The van der Waals surface area contributed by atoms with Gasteiger partial charge in [0, 0.05) is 17.7 Å². The Morgan fingerprint density at radius 3 is 2.80 bits per heavy atom. The summed E-state index contributed by atoms with van der Waals surface area (Å²) in [5.74, 6) is 5.42. The molecule has 0 bridgehead atoms. The molecular formula is C17H23NO2. The molecule has 0 saturated carbocycles. The maximum Gasteiger partial charge on any atom is 0.251 e. The van der Waals surface area contributed by atoms with Gasteiger partial charge in [0.15, 0.2) is 0 Å². The molecule has 0 radical (unpaired) electrons. The summed E-state index contributed by atoms with van der Waals surface area (Å²) in [4.78, 5) is 12.1. The molecule has 20 heavy (non-hydrogen) atoms. The standard InChI is InChI=1S/C17H23NO2/c1-3-4-5-6-12-18-17(20)16-11-7-9-15(14(16)2)10-8-13-19/h7,9,11,19H,3-6,12-13H2,1-2H3,(H,18,20). The van der Waals surface area contributed by atoms with Gasteiger partial charge in [-0.05, 0) is 31.0 Å². The van der Waals surface area contributed by atoms with E-state index in [-0.39, 0.29) is 12.5 Å². The molecular weight excluding hydrogens is 250 g/mol. The third-order valence-corrected chi connectivity index (χ3v) is 3.20. The number of aliphatic hydroxyl groups is 1. The van der Waals surface area contributed by atoms with Crippen molar-refractivity contribution in [3.05, 3.63) is 34.9 Å². The van der Waals surface area contributed by atoms with Crippen molar-refractivity contribution in [1.29, 1.82) is 0 Å². The first-order valence-electron chi connectivity index (χ1n) is 7.18. The van der Waals surface area contributed by atoms with Crippen LogP contribution in [0.5, 0.6) is 0 Å². The lowest BCUT2D eigenvalue weighted by Crippen LogP contribution is -2.25. The Kier molecular flexibility index (Phi) is 7.46. The summed E-state index contributed by atoms with van der Waals surface area (Å²) in [7, 11) is 0. The molecule has 0 saturated heterocycles. The van der Waals surface area contributed by atoms with Crippen LogP contribution in [-0.2, 0) is 0 Å². The van der Waals surface area contributed by atoms with E-state index in [4.69, 9.17) is 5.11 Å². The molecule has 0 aromatic heterocycles. The van der Waals surface area contributed by atoms with E-state index in [1.807, 2.05) is 19.1 Å². The second kappa shape index (κ2) is 9.17. The lowest BCUT2D eigenvalue weighted by molar-refractivity contribution is 0.0952. The molecule has 1 rings (SSSR count). The van der Waals surface area contributed by atoms with Gasteiger partial charge in [-0.3, -0.25) is 4.79 Å². The van der Waals surface area contributed by atoms with Crippen LogP contribution in [0.15, 0.2) is 18.2 Å². The summed E-state index contributed by atoms with van der Waals surface area (Å²) in [6.45, 7) is 4.59. The molecule has 1 aromatic carbocycles. The van der Waals surface area contributed by atoms with Crippen LogP contribution in [0.4, 0.5) is 0 Å². The largest absolute Gasteiger partial charge is 0.384 e. The number of unbranched alkanes of at least 4 members (excludes halogenated alkanes) is 3. The van der Waals surface area contributed by atoms with Gasteiger partial charge in [-0.15, -0.1) is 0 Å². The zero-order chi connectivity index (χ0) is 14.8. The Balaban J connectivity index is 2.64. The van der Waals surface area contributed by atoms with Gasteiger partial charge in [0.05, 0.1) is 0 Å². The molecule has 2 N–H and O–H groups in total. The van der Waals surface area contributed by atoms with Gasteiger partial charge in [0.1, 0.15) is 6.61 Å². The number of rotatable bonds is 6. The van der Waals surface area contributed by atoms with Gasteiger partial charge in [0.25, 0.3) is 5.91 Å². The average Bonchev–Trinajstić information content (AvgIpc) is 2.46. The monoisotopic (exact) mass is 273 g/mol. The normalized spacial score (nSPS) is 9.75. The average molecular weight is 273 g/mol. The summed E-state index contributed by atoms with van der Waals surface area (Å²) in [5, 5.41) is 11.7. The molecule has 0 aliphatic carbocycles. The van der Waals surface area contributed by atoms with E-state index >= 15 is 0 Å². The molecule has 0 heterocycles. The van der Waals surface area contributed by atoms with Crippen LogP contribution in [0.1, 0.15) is 54.1 Å². The van der Waals surface area contributed by atoms with Gasteiger partial charge in [0.2, 0.25) is 0 Å². The van der Waals surface area contributed by atoms with Crippen molar-refractivity contribution in [1.82, 2.24) is 5.32 Å². The first kappa shape index (κ1) is 16.3. The van der Waals surface area contributed by atoms with Crippen LogP contribution < -0.4 is 5.32 Å². The van der Waals surface area contributed by atoms with Gasteiger partial charge < -0.3 is 10.4 Å². The lowest BCUT2D eigenvalue weighted by Gasteiger charge is -2.09. The van der Waals surface area contributed by atoms with E-state index in [2.05, 4.69) is 24.1 Å². The molecule has 0 atom stereocenters.